The Balaban J connectivity index is 1.70. The molecule has 116 valence electrons. The monoisotopic (exact) mass is 306 g/mol. The molecular weight excluding hydrogens is 292 g/mol. The summed E-state index contributed by atoms with van der Waals surface area (Å²) < 4.78 is 56.5. The molecule has 0 bridgehead atoms. The minimum absolute atomic E-state index is 0.0138. The van der Waals surface area contributed by atoms with E-state index in [9.17, 15) is 22.4 Å². The van der Waals surface area contributed by atoms with E-state index in [1.807, 2.05) is 0 Å². The molecule has 21 heavy (non-hydrogen) atoms. The lowest BCUT2D eigenvalue weighted by atomic mass is 10.2. The van der Waals surface area contributed by atoms with Crippen LogP contribution in [0.2, 0.25) is 0 Å². The van der Waals surface area contributed by atoms with E-state index in [1.165, 1.54) is 6.07 Å². The van der Waals surface area contributed by atoms with Crippen LogP contribution >= 0.6 is 0 Å². The highest BCUT2D eigenvalue weighted by molar-refractivity contribution is 5.82. The summed E-state index contributed by atoms with van der Waals surface area (Å²) in [5, 5.41) is 4.86. The summed E-state index contributed by atoms with van der Waals surface area (Å²) in [5.74, 6) is -5.31. The average Bonchev–Trinajstić information content (AvgIpc) is 2.79. The topological polar surface area (TPSA) is 50.4 Å². The van der Waals surface area contributed by atoms with Gasteiger partial charge in [-0.1, -0.05) is 0 Å². The molecule has 2 N–H and O–H groups in total. The third kappa shape index (κ3) is 4.32. The Hall–Kier alpha value is -1.83. The molecular formula is C13H14F4N2O2. The van der Waals surface area contributed by atoms with Crippen molar-refractivity contribution in [3.63, 3.8) is 0 Å². The van der Waals surface area contributed by atoms with Crippen molar-refractivity contribution in [2.75, 3.05) is 19.7 Å². The Morgan fingerprint density at radius 1 is 1.38 bits per heavy atom. The first-order valence-electron chi connectivity index (χ1n) is 6.34. The molecule has 0 saturated carbocycles. The fourth-order valence-corrected chi connectivity index (χ4v) is 1.93. The van der Waals surface area contributed by atoms with Crippen LogP contribution in [0, 0.1) is 11.6 Å². The van der Waals surface area contributed by atoms with Crippen molar-refractivity contribution in [2.45, 2.75) is 18.4 Å². The Morgan fingerprint density at radius 2 is 2.14 bits per heavy atom. The second-order valence-corrected chi connectivity index (χ2v) is 4.71. The van der Waals surface area contributed by atoms with Crippen molar-refractivity contribution in [3.8, 4) is 5.75 Å². The maximum absolute atomic E-state index is 12.9. The van der Waals surface area contributed by atoms with Gasteiger partial charge in [0.1, 0.15) is 12.4 Å². The van der Waals surface area contributed by atoms with Crippen molar-refractivity contribution in [2.24, 2.45) is 0 Å². The quantitative estimate of drug-likeness (QED) is 0.639. The second kappa shape index (κ2) is 6.30. The van der Waals surface area contributed by atoms with Crippen LogP contribution in [0.3, 0.4) is 0 Å². The number of rotatable bonds is 5. The van der Waals surface area contributed by atoms with E-state index in [0.29, 0.717) is 0 Å². The van der Waals surface area contributed by atoms with Gasteiger partial charge in [-0.05, 0) is 12.1 Å². The Morgan fingerprint density at radius 3 is 2.76 bits per heavy atom. The molecule has 2 rings (SSSR count). The van der Waals surface area contributed by atoms with Crippen LogP contribution in [0.15, 0.2) is 18.2 Å². The Kier molecular flexibility index (Phi) is 4.66. The fourth-order valence-electron chi connectivity index (χ4n) is 1.93. The van der Waals surface area contributed by atoms with E-state index >= 15 is 0 Å². The molecule has 1 aromatic carbocycles. The molecule has 1 aliphatic heterocycles. The minimum atomic E-state index is -2.87. The molecule has 0 aliphatic carbocycles. The number of halogens is 4. The molecule has 0 radical (unpaired) electrons. The Labute approximate surface area is 118 Å². The molecule has 1 heterocycles. The van der Waals surface area contributed by atoms with E-state index in [-0.39, 0.29) is 18.9 Å². The highest BCUT2D eigenvalue weighted by Crippen LogP contribution is 2.24. The van der Waals surface area contributed by atoms with Crippen molar-refractivity contribution in [1.29, 1.82) is 0 Å². The van der Waals surface area contributed by atoms with E-state index in [1.54, 1.807) is 0 Å². The molecule has 8 heteroatoms. The molecule has 0 aromatic heterocycles. The van der Waals surface area contributed by atoms with E-state index < -0.39 is 42.5 Å². The number of amides is 1. The van der Waals surface area contributed by atoms with Gasteiger partial charge in [0, 0.05) is 12.5 Å². The first-order chi connectivity index (χ1) is 9.87. The first kappa shape index (κ1) is 15.6. The van der Waals surface area contributed by atoms with Gasteiger partial charge in [0.05, 0.1) is 19.1 Å². The summed E-state index contributed by atoms with van der Waals surface area (Å²) in [6, 6.07) is 2.13. The molecule has 1 fully saturated rings. The lowest BCUT2D eigenvalue weighted by Gasteiger charge is -2.12. The number of hydrogen-bond acceptors (Lipinski definition) is 3. The van der Waals surface area contributed by atoms with Crippen molar-refractivity contribution >= 4 is 5.91 Å². The van der Waals surface area contributed by atoms with Crippen LogP contribution < -0.4 is 15.4 Å². The molecule has 1 atom stereocenters. The molecule has 4 nitrogen and oxygen atoms in total. The van der Waals surface area contributed by atoms with Crippen LogP contribution in [0.4, 0.5) is 17.6 Å². The second-order valence-electron chi connectivity index (χ2n) is 4.71. The molecule has 1 amide bonds. The molecule has 1 unspecified atom stereocenters. The van der Waals surface area contributed by atoms with Crippen molar-refractivity contribution in [3.05, 3.63) is 29.8 Å². The van der Waals surface area contributed by atoms with Gasteiger partial charge in [-0.2, -0.15) is 0 Å². The largest absolute Gasteiger partial charge is 0.492 e. The van der Waals surface area contributed by atoms with E-state index in [2.05, 4.69) is 10.6 Å². The number of alkyl halides is 2. The van der Waals surface area contributed by atoms with Crippen LogP contribution in [-0.2, 0) is 4.79 Å². The van der Waals surface area contributed by atoms with Crippen LogP contribution in [0.25, 0.3) is 0 Å². The standard InChI is InChI=1S/C13H14F4N2O2/c14-9-2-1-8(5-10(9)15)21-4-3-18-12(20)11-6-13(16,17)7-19-11/h1-2,5,11,19H,3-4,6-7H2,(H,18,20). The number of carbonyl (C=O) groups is 1. The van der Waals surface area contributed by atoms with Crippen molar-refractivity contribution < 1.29 is 27.1 Å². The maximum atomic E-state index is 12.9. The van der Waals surface area contributed by atoms with Gasteiger partial charge < -0.3 is 10.1 Å². The number of nitrogens with one attached hydrogen (secondary N) is 2. The van der Waals surface area contributed by atoms with Crippen molar-refractivity contribution in [1.82, 2.24) is 10.6 Å². The average molecular weight is 306 g/mol. The summed E-state index contributed by atoms with van der Waals surface area (Å²) in [6.07, 6.45) is -0.539. The normalized spacial score (nSPS) is 20.3. The zero-order valence-corrected chi connectivity index (χ0v) is 11.0. The molecule has 1 aliphatic rings. The van der Waals surface area contributed by atoms with Gasteiger partial charge in [0.25, 0.3) is 5.92 Å². The summed E-state index contributed by atoms with van der Waals surface area (Å²) in [7, 11) is 0. The molecule has 1 aromatic rings. The number of carbonyl (C=O) groups excluding carboxylic acids is 1. The molecule has 1 saturated heterocycles. The third-order valence-electron chi connectivity index (χ3n) is 2.99. The highest BCUT2D eigenvalue weighted by Gasteiger charge is 2.42. The van der Waals surface area contributed by atoms with Gasteiger partial charge in [-0.15, -0.1) is 0 Å². The smallest absolute Gasteiger partial charge is 0.262 e. The lowest BCUT2D eigenvalue weighted by molar-refractivity contribution is -0.123. The highest BCUT2D eigenvalue weighted by atomic mass is 19.3. The predicted octanol–water partition coefficient (Wildman–Crippen LogP) is 1.46. The van der Waals surface area contributed by atoms with Crippen LogP contribution in [0.1, 0.15) is 6.42 Å². The maximum Gasteiger partial charge on any atom is 0.262 e. The number of hydrogen-bond donors (Lipinski definition) is 2. The van der Waals surface area contributed by atoms with Gasteiger partial charge in [-0.3, -0.25) is 10.1 Å². The van der Waals surface area contributed by atoms with Crippen LogP contribution in [-0.4, -0.2) is 37.6 Å². The van der Waals surface area contributed by atoms with E-state index in [0.717, 1.165) is 12.1 Å². The number of ether oxygens (including phenoxy) is 1. The SMILES string of the molecule is O=C(NCCOc1ccc(F)c(F)c1)C1CC(F)(F)CN1. The molecule has 0 spiro atoms. The first-order valence-corrected chi connectivity index (χ1v) is 6.34. The summed E-state index contributed by atoms with van der Waals surface area (Å²) in [4.78, 5) is 11.6. The zero-order valence-electron chi connectivity index (χ0n) is 11.0. The fraction of sp³-hybridized carbons (Fsp3) is 0.462. The minimum Gasteiger partial charge on any atom is -0.492 e. The zero-order chi connectivity index (χ0) is 15.5. The Bertz CT molecular complexity index is 525. The third-order valence-corrected chi connectivity index (χ3v) is 2.99. The van der Waals surface area contributed by atoms with E-state index in [4.69, 9.17) is 4.74 Å². The predicted molar refractivity (Wildman–Crippen MR) is 66.2 cm³/mol. The number of benzene rings is 1. The van der Waals surface area contributed by atoms with Gasteiger partial charge in [-0.25, -0.2) is 17.6 Å². The summed E-state index contributed by atoms with van der Waals surface area (Å²) >= 11 is 0. The van der Waals surface area contributed by atoms with Gasteiger partial charge in [0.2, 0.25) is 5.91 Å². The lowest BCUT2D eigenvalue weighted by Crippen LogP contribution is -2.41. The summed E-state index contributed by atoms with van der Waals surface area (Å²) in [5.41, 5.74) is 0. The van der Waals surface area contributed by atoms with Gasteiger partial charge in [0.15, 0.2) is 11.6 Å². The van der Waals surface area contributed by atoms with Crippen LogP contribution in [0.5, 0.6) is 5.75 Å². The summed E-state index contributed by atoms with van der Waals surface area (Å²) in [6.45, 7) is -0.433. The van der Waals surface area contributed by atoms with Gasteiger partial charge >= 0.3 is 0 Å².